The topological polar surface area (TPSA) is 80.1 Å². The molecule has 60 heavy (non-hydrogen) atoms. The monoisotopic (exact) mass is 814 g/mol. The number of fused-ring (bicyclic) bond motifs is 1. The van der Waals surface area contributed by atoms with Crippen LogP contribution in [-0.4, -0.2) is 70.7 Å². The normalized spacial score (nSPS) is 15.9. The molecular formula is C51H47ClN4O4. The van der Waals surface area contributed by atoms with Crippen LogP contribution >= 0.6 is 11.6 Å². The van der Waals surface area contributed by atoms with Crippen molar-refractivity contribution in [1.82, 2.24) is 14.7 Å². The summed E-state index contributed by atoms with van der Waals surface area (Å²) in [5.41, 5.74) is 7.78. The summed E-state index contributed by atoms with van der Waals surface area (Å²) in [5.74, 6) is -0.250. The van der Waals surface area contributed by atoms with Gasteiger partial charge in [-0.05, 0) is 83.6 Å². The van der Waals surface area contributed by atoms with Crippen LogP contribution in [0.4, 0.5) is 5.69 Å². The van der Waals surface area contributed by atoms with Crippen molar-refractivity contribution in [1.29, 1.82) is 0 Å². The number of hydrogen-bond acceptors (Lipinski definition) is 6. The molecular weight excluding hydrogens is 768 g/mol. The van der Waals surface area contributed by atoms with E-state index in [9.17, 15) is 9.90 Å². The molecule has 0 aliphatic carbocycles. The zero-order valence-corrected chi connectivity index (χ0v) is 34.6. The van der Waals surface area contributed by atoms with Crippen molar-refractivity contribution in [3.8, 4) is 11.5 Å². The molecule has 1 saturated heterocycles. The highest BCUT2D eigenvalue weighted by Gasteiger charge is 2.40. The number of carbonyl (C=O) groups is 1. The van der Waals surface area contributed by atoms with E-state index < -0.39 is 11.5 Å². The quantitative estimate of drug-likeness (QED) is 0.130. The highest BCUT2D eigenvalue weighted by Crippen LogP contribution is 2.44. The zero-order chi connectivity index (χ0) is 41.3. The van der Waals surface area contributed by atoms with Gasteiger partial charge in [-0.25, -0.2) is 9.48 Å². The number of rotatable bonds is 11. The van der Waals surface area contributed by atoms with E-state index in [2.05, 4.69) is 113 Å². The number of aromatic nitrogens is 2. The van der Waals surface area contributed by atoms with Gasteiger partial charge in [-0.2, -0.15) is 5.10 Å². The molecule has 6 aromatic carbocycles. The van der Waals surface area contributed by atoms with Crippen LogP contribution in [0.25, 0.3) is 16.5 Å². The predicted octanol–water partition coefficient (Wildman–Crippen LogP) is 10.8. The van der Waals surface area contributed by atoms with Crippen LogP contribution in [0, 0.1) is 0 Å². The smallest absolute Gasteiger partial charge is 0.339 e. The summed E-state index contributed by atoms with van der Waals surface area (Å²) in [4.78, 5) is 17.4. The molecule has 1 fully saturated rings. The van der Waals surface area contributed by atoms with E-state index in [1.807, 2.05) is 66.9 Å². The summed E-state index contributed by atoms with van der Waals surface area (Å²) < 4.78 is 15.0. The first-order valence-corrected chi connectivity index (χ1v) is 20.8. The maximum absolute atomic E-state index is 12.6. The molecule has 2 aliphatic rings. The van der Waals surface area contributed by atoms with Gasteiger partial charge in [0.15, 0.2) is 0 Å². The van der Waals surface area contributed by atoms with E-state index in [4.69, 9.17) is 26.2 Å². The summed E-state index contributed by atoms with van der Waals surface area (Å²) in [7, 11) is 0. The Bertz CT molecular complexity index is 2560. The third-order valence-electron chi connectivity index (χ3n) is 11.9. The minimum Gasteiger partial charge on any atom is -0.478 e. The van der Waals surface area contributed by atoms with Crippen LogP contribution in [0.3, 0.4) is 0 Å². The van der Waals surface area contributed by atoms with Gasteiger partial charge < -0.3 is 19.5 Å². The summed E-state index contributed by atoms with van der Waals surface area (Å²) in [6, 6.07) is 50.6. The molecule has 1 aromatic heterocycles. The number of benzene rings is 6. The molecule has 302 valence electrons. The molecule has 2 aliphatic heterocycles. The molecule has 3 heterocycles. The highest BCUT2D eigenvalue weighted by atomic mass is 35.5. The summed E-state index contributed by atoms with van der Waals surface area (Å²) in [5, 5.41) is 17.0. The third-order valence-corrected chi connectivity index (χ3v) is 12.1. The lowest BCUT2D eigenvalue weighted by Gasteiger charge is -2.39. The maximum Gasteiger partial charge on any atom is 0.339 e. The first-order valence-electron chi connectivity index (χ1n) is 20.5. The Kier molecular flexibility index (Phi) is 10.8. The van der Waals surface area contributed by atoms with Gasteiger partial charge in [0.1, 0.15) is 22.6 Å². The molecule has 0 atom stereocenters. The van der Waals surface area contributed by atoms with Gasteiger partial charge in [0.2, 0.25) is 0 Å². The third kappa shape index (κ3) is 7.58. The van der Waals surface area contributed by atoms with Crippen molar-refractivity contribution in [2.24, 2.45) is 0 Å². The number of nitrogens with zero attached hydrogens (tertiary/aromatic N) is 4. The van der Waals surface area contributed by atoms with E-state index in [1.54, 1.807) is 6.07 Å². The number of anilines is 1. The van der Waals surface area contributed by atoms with Gasteiger partial charge in [0.25, 0.3) is 0 Å². The van der Waals surface area contributed by atoms with Gasteiger partial charge >= 0.3 is 5.97 Å². The van der Waals surface area contributed by atoms with Crippen LogP contribution in [0.1, 0.15) is 52.9 Å². The Morgan fingerprint density at radius 2 is 1.38 bits per heavy atom. The largest absolute Gasteiger partial charge is 0.478 e. The Balaban J connectivity index is 1.02. The first kappa shape index (κ1) is 39.3. The number of carboxylic acids is 1. The lowest BCUT2D eigenvalue weighted by molar-refractivity contribution is -0.0101. The van der Waals surface area contributed by atoms with E-state index in [1.165, 1.54) is 16.7 Å². The molecule has 0 saturated carbocycles. The van der Waals surface area contributed by atoms with Crippen LogP contribution in [0.5, 0.6) is 11.5 Å². The number of hydrogen-bond donors (Lipinski definition) is 1. The second kappa shape index (κ2) is 16.5. The van der Waals surface area contributed by atoms with Crippen LogP contribution in [-0.2, 0) is 10.3 Å². The fraction of sp³-hybridized carbons (Fsp3) is 0.216. The lowest BCUT2D eigenvalue weighted by atomic mass is 9.77. The van der Waals surface area contributed by atoms with Crippen molar-refractivity contribution in [2.75, 3.05) is 44.2 Å². The minimum absolute atomic E-state index is 0.0934. The molecule has 0 spiro atoms. The minimum atomic E-state index is -1.05. The van der Waals surface area contributed by atoms with Gasteiger partial charge in [0, 0.05) is 55.9 Å². The predicted molar refractivity (Wildman–Crippen MR) is 239 cm³/mol. The molecule has 0 radical (unpaired) electrons. The Morgan fingerprint density at radius 3 is 1.98 bits per heavy atom. The average Bonchev–Trinajstić information content (AvgIpc) is 3.71. The number of halogens is 1. The molecule has 1 N–H and O–H groups in total. The fourth-order valence-corrected chi connectivity index (χ4v) is 9.00. The van der Waals surface area contributed by atoms with Crippen molar-refractivity contribution in [3.63, 3.8) is 0 Å². The molecule has 0 bridgehead atoms. The molecule has 9 rings (SSSR count). The van der Waals surface area contributed by atoms with Crippen LogP contribution in [0.15, 0.2) is 163 Å². The Hall–Kier alpha value is -6.19. The molecule has 0 unspecified atom stereocenters. The van der Waals surface area contributed by atoms with Crippen molar-refractivity contribution in [3.05, 3.63) is 196 Å². The number of ether oxygens (including phenoxy) is 2. The lowest BCUT2D eigenvalue weighted by Crippen LogP contribution is -2.47. The van der Waals surface area contributed by atoms with E-state index in [0.717, 1.165) is 77.4 Å². The zero-order valence-electron chi connectivity index (χ0n) is 33.8. The van der Waals surface area contributed by atoms with Gasteiger partial charge in [0.05, 0.1) is 29.3 Å². The standard InChI is InChI=1S/C51H47ClN4O4/c1-50(2)32-44(36-21-23-41(52)24-22-36)37(35-59-50)34-54-27-29-55(30-28-54)42-25-26-43(49(57)58)48(31-42)60-47-20-12-19-46-45(47)33-53-56(46)51(38-13-6-3-7-14-38,39-15-8-4-9-16-39)40-17-10-5-11-18-40/h3-26,31,33H,27-30,32,34-35H2,1-2H3,(H,57,58). The SMILES string of the molecule is CC1(C)CC(c2ccc(Cl)cc2)=C(CN2CCN(c3ccc(C(=O)O)c(Oc4cccc5c4cnn5C(c4ccccc4)(c4ccccc4)c4ccccc4)c3)CC2)CO1. The molecule has 8 nitrogen and oxygen atoms in total. The second-order valence-electron chi connectivity index (χ2n) is 16.2. The fourth-order valence-electron chi connectivity index (χ4n) is 8.88. The Morgan fingerprint density at radius 1 is 0.767 bits per heavy atom. The maximum atomic E-state index is 12.6. The van der Waals surface area contributed by atoms with Crippen molar-refractivity contribution in [2.45, 2.75) is 31.4 Å². The Labute approximate surface area is 355 Å². The summed E-state index contributed by atoms with van der Waals surface area (Å²) >= 11 is 6.24. The molecule has 9 heteroatoms. The second-order valence-corrected chi connectivity index (χ2v) is 16.7. The van der Waals surface area contributed by atoms with E-state index in [0.29, 0.717) is 12.4 Å². The van der Waals surface area contributed by atoms with Crippen LogP contribution < -0.4 is 9.64 Å². The highest BCUT2D eigenvalue weighted by molar-refractivity contribution is 6.30. The molecule has 7 aromatic rings. The van der Waals surface area contributed by atoms with Gasteiger partial charge in [-0.15, -0.1) is 0 Å². The summed E-state index contributed by atoms with van der Waals surface area (Å²) in [6.45, 7) is 8.98. The average molecular weight is 815 g/mol. The van der Waals surface area contributed by atoms with Gasteiger partial charge in [-0.1, -0.05) is 121 Å². The van der Waals surface area contributed by atoms with E-state index >= 15 is 0 Å². The summed E-state index contributed by atoms with van der Waals surface area (Å²) in [6.07, 6.45) is 2.66. The van der Waals surface area contributed by atoms with E-state index in [-0.39, 0.29) is 16.9 Å². The number of carboxylic acid groups (broad SMARTS) is 1. The molecule has 0 amide bonds. The first-order chi connectivity index (χ1) is 29.2. The van der Waals surface area contributed by atoms with Crippen molar-refractivity contribution < 1.29 is 19.4 Å². The number of aromatic carboxylic acids is 1. The number of piperazine rings is 1. The van der Waals surface area contributed by atoms with Gasteiger partial charge in [-0.3, -0.25) is 4.90 Å². The van der Waals surface area contributed by atoms with Crippen molar-refractivity contribution >= 4 is 39.7 Å². The van der Waals surface area contributed by atoms with Crippen LogP contribution in [0.2, 0.25) is 5.02 Å².